The smallest absolute Gasteiger partial charge is 0.252 e. The van der Waals surface area contributed by atoms with E-state index in [0.717, 1.165) is 9.80 Å². The zero-order chi connectivity index (χ0) is 103. The summed E-state index contributed by atoms with van der Waals surface area (Å²) in [7, 11) is 0. The number of anilines is 6. The Morgan fingerprint density at radius 3 is 1.10 bits per heavy atom. The van der Waals surface area contributed by atoms with Gasteiger partial charge in [0.25, 0.3) is 6.71 Å². The molecule has 0 atom stereocenters. The molecule has 0 saturated heterocycles. The Morgan fingerprint density at radius 2 is 0.707 bits per heavy atom. The number of aromatic nitrogens is 2. The highest BCUT2D eigenvalue weighted by Gasteiger charge is 2.47. The monoisotopic (exact) mass is 1310 g/mol. The first-order chi connectivity index (χ1) is 65.9. The van der Waals surface area contributed by atoms with Crippen molar-refractivity contribution in [2.45, 2.75) is 52.4 Å². The van der Waals surface area contributed by atoms with E-state index in [0.29, 0.717) is 9.13 Å². The Balaban J connectivity index is 1.15. The highest BCUT2D eigenvalue weighted by atomic mass is 16.3. The highest BCUT2D eigenvalue weighted by molar-refractivity contribution is 7.00. The van der Waals surface area contributed by atoms with E-state index in [1.54, 1.807) is 47.6 Å². The minimum absolute atomic E-state index is 0.0934. The van der Waals surface area contributed by atoms with E-state index in [4.69, 9.17) is 17.1 Å². The molecule has 20 rings (SSSR count). The van der Waals surface area contributed by atoms with Crippen LogP contribution in [-0.2, 0) is 10.8 Å². The first kappa shape index (κ1) is 29.3. The topological polar surface area (TPSA) is 42.6 Å². The van der Waals surface area contributed by atoms with E-state index in [9.17, 15) is 49.3 Å². The van der Waals surface area contributed by atoms with Crippen molar-refractivity contribution in [3.8, 4) is 44.8 Å². The third-order valence-corrected chi connectivity index (χ3v) is 18.2. The van der Waals surface area contributed by atoms with Gasteiger partial charge < -0.3 is 27.8 Å². The fourth-order valence-electron chi connectivity index (χ4n) is 14.1. The number of nitrogens with zero attached hydrogens (tertiary/aromatic N) is 4. The molecular formula is C92H67BN4O2. The first-order valence-electron chi connectivity index (χ1n) is 52.2. The summed E-state index contributed by atoms with van der Waals surface area (Å²) in [6, 6.07) is -32.5. The van der Waals surface area contributed by atoms with Crippen molar-refractivity contribution in [1.29, 1.82) is 0 Å². The van der Waals surface area contributed by atoms with Crippen LogP contribution in [0.5, 0.6) is 0 Å². The molecule has 6 nitrogen and oxygen atoms in total. The minimum atomic E-state index is -2.39. The molecule has 14 aromatic carbocycles. The summed E-state index contributed by atoms with van der Waals surface area (Å²) in [5, 5.41) is -4.41. The molecule has 99 heavy (non-hydrogen) atoms. The van der Waals surface area contributed by atoms with Crippen molar-refractivity contribution in [3.05, 3.63) is 307 Å². The molecule has 0 saturated carbocycles. The largest absolute Gasteiger partial charge is 0.454 e. The van der Waals surface area contributed by atoms with Crippen LogP contribution in [-0.4, -0.2) is 15.8 Å². The molecule has 0 amide bonds. The molecule has 0 radical (unpaired) electrons. The average molecular weight is 1310 g/mol. The molecule has 4 aromatic heterocycles. The lowest BCUT2D eigenvalue weighted by atomic mass is 9.33. The standard InChI is InChI=1S/C92H67BN4O2/c1-91(2,3)70-54-68(57-30-12-8-13-31-57)87(89-84(70)66-38-20-26-44-82(66)98-89)96-78-52-60(94-74-40-22-16-34-62(74)63-35-17-23-41-75(63)94)46-48-72(78)93-73-49-47-61(95-76-42-24-18-36-64(76)65-37-19-25-43-77(65)95)53-79(73)97(81-51-59(50-80(96)86(81)93)56-28-10-7-11-29-56)88-69(58-32-14-9-15-33-58)55-71(92(4,5)6)85-67-39-21-27-45-83(67)99-90(85)88/h7-55H,1-6H3/i8D,9D,12D,13D,14D,15D,16D,17D,18D,19D,20D,21D,22D,23D,24D,25D,26D,27D,30D,31D,32D,33D,34D,35D,36D,37D,38D,39D,40D,41D,42D,43D,44D,45D,46D,47D,48D,49D,52D,53D,54D,55D. The quantitative estimate of drug-likeness (QED) is 0.149. The van der Waals surface area contributed by atoms with Crippen LogP contribution < -0.4 is 26.2 Å². The van der Waals surface area contributed by atoms with Gasteiger partial charge in [0.15, 0.2) is 11.2 Å². The van der Waals surface area contributed by atoms with Crippen LogP contribution in [0.25, 0.3) is 132 Å². The molecule has 0 bridgehead atoms. The van der Waals surface area contributed by atoms with Crippen molar-refractivity contribution in [1.82, 2.24) is 9.13 Å². The lowest BCUT2D eigenvalue weighted by molar-refractivity contribution is 0.595. The Kier molecular flexibility index (Phi) is 6.29. The van der Waals surface area contributed by atoms with E-state index in [2.05, 4.69) is 0 Å². The van der Waals surface area contributed by atoms with Crippen LogP contribution >= 0.6 is 0 Å². The van der Waals surface area contributed by atoms with Gasteiger partial charge in [0.05, 0.1) is 91.0 Å². The number of fused-ring (bicyclic) bond motifs is 16. The summed E-state index contributed by atoms with van der Waals surface area (Å²) in [5.41, 5.74) is -22.2. The maximum Gasteiger partial charge on any atom is 0.252 e. The second kappa shape index (κ2) is 21.2. The highest BCUT2D eigenvalue weighted by Crippen LogP contribution is 2.57. The zero-order valence-corrected chi connectivity index (χ0v) is 52.7. The molecule has 7 heteroatoms. The molecule has 6 heterocycles. The van der Waals surface area contributed by atoms with Gasteiger partial charge in [-0.15, -0.1) is 0 Å². The van der Waals surface area contributed by atoms with E-state index >= 15 is 0 Å². The van der Waals surface area contributed by atoms with Crippen LogP contribution in [0.3, 0.4) is 0 Å². The molecular weight excluding hydrogens is 1200 g/mol. The predicted molar refractivity (Wildman–Crippen MR) is 417 cm³/mol. The Labute approximate surface area is 633 Å². The molecule has 0 fully saturated rings. The van der Waals surface area contributed by atoms with Gasteiger partial charge in [-0.25, -0.2) is 0 Å². The fourth-order valence-corrected chi connectivity index (χ4v) is 14.1. The van der Waals surface area contributed by atoms with E-state index in [-0.39, 0.29) is 22.3 Å². The summed E-state index contributed by atoms with van der Waals surface area (Å²) < 4.78 is 433. The van der Waals surface area contributed by atoms with Crippen molar-refractivity contribution in [2.24, 2.45) is 0 Å². The number of hydrogen-bond donors (Lipinski definition) is 0. The maximum atomic E-state index is 11.8. The van der Waals surface area contributed by atoms with Crippen molar-refractivity contribution in [2.75, 3.05) is 9.80 Å². The van der Waals surface area contributed by atoms with Gasteiger partial charge in [-0.1, -0.05) is 253 Å². The summed E-state index contributed by atoms with van der Waals surface area (Å²) in [6.45, 7) is 6.93. The number of benzene rings is 14. The summed E-state index contributed by atoms with van der Waals surface area (Å²) in [4.78, 5) is 2.00. The summed E-state index contributed by atoms with van der Waals surface area (Å²) in [5.74, 6) is 0. The van der Waals surface area contributed by atoms with Crippen molar-refractivity contribution >= 4 is 145 Å². The van der Waals surface area contributed by atoms with E-state index in [1.807, 2.05) is 0 Å². The molecule has 18 aromatic rings. The normalized spacial score (nSPS) is 19.0. The molecule has 470 valence electrons. The van der Waals surface area contributed by atoms with Gasteiger partial charge in [-0.2, -0.15) is 0 Å². The van der Waals surface area contributed by atoms with Crippen LogP contribution in [0.4, 0.5) is 34.1 Å². The number of hydrogen-bond acceptors (Lipinski definition) is 4. The van der Waals surface area contributed by atoms with Crippen molar-refractivity contribution in [3.63, 3.8) is 0 Å². The molecule has 0 N–H and O–H groups in total. The predicted octanol–water partition coefficient (Wildman–Crippen LogP) is 23.4. The fraction of sp³-hybridized carbons (Fsp3) is 0.0870. The minimum Gasteiger partial charge on any atom is -0.454 e. The third-order valence-electron chi connectivity index (χ3n) is 18.2. The molecule has 2 aliphatic heterocycles. The Hall–Kier alpha value is -12.1. The first-order valence-corrected chi connectivity index (χ1v) is 31.2. The molecule has 0 aliphatic carbocycles. The number of rotatable bonds is 7. The van der Waals surface area contributed by atoms with E-state index < -0.39 is 443 Å². The third kappa shape index (κ3) is 8.44. The molecule has 2 aliphatic rings. The van der Waals surface area contributed by atoms with Gasteiger partial charge in [-0.05, 0) is 145 Å². The van der Waals surface area contributed by atoms with Gasteiger partial charge in [0, 0.05) is 88.3 Å². The van der Waals surface area contributed by atoms with Crippen LogP contribution in [0, 0.1) is 0 Å². The van der Waals surface area contributed by atoms with Crippen LogP contribution in [0.1, 0.15) is 110 Å². The van der Waals surface area contributed by atoms with Gasteiger partial charge in [0.1, 0.15) is 11.2 Å². The van der Waals surface area contributed by atoms with Crippen LogP contribution in [0.15, 0.2) is 305 Å². The Morgan fingerprint density at radius 1 is 0.343 bits per heavy atom. The maximum absolute atomic E-state index is 11.8. The van der Waals surface area contributed by atoms with Gasteiger partial charge in [-0.3, -0.25) is 0 Å². The molecule has 0 unspecified atom stereocenters. The summed E-state index contributed by atoms with van der Waals surface area (Å²) >= 11 is 0. The summed E-state index contributed by atoms with van der Waals surface area (Å²) in [6.07, 6.45) is 0. The lowest BCUT2D eigenvalue weighted by Crippen LogP contribution is -2.61. The average Bonchev–Trinajstić information content (AvgIpc) is 1.64. The Bertz CT molecular complexity index is 8360. The zero-order valence-electron chi connectivity index (χ0n) is 94.7. The number of furan rings is 2. The second-order valence-corrected chi connectivity index (χ2v) is 25.9. The lowest BCUT2D eigenvalue weighted by Gasteiger charge is -2.45. The molecule has 0 spiro atoms. The SMILES string of the molecule is [2H]c1c([2H])c([2H])c(-c2c([2H])c(C(C)(C)C)c3c(oc4c([2H])c([2H])c([2H])c([2H])c43)c2N2c3cc(-c4ccccc4)cc4c3B(c3c([2H])c([2H])c(-n5c6c([2H])c([2H])c([2H])c([2H])c6c6c([2H])c([2H])c([2H])c([2H])c65)c([2H])c32)c2c([2H])c([2H])c(-n3c5c([2H])c([2H])c([2H])c([2H])c5c5c([2H])c([2H])c([2H])c([2H])c53)c([2H])c2N4c2c(-c3c([2H])c([2H])c([2H])c([2H])c3[2H])c([2H])c(C(C)(C)C)c3c2oc2c([2H])c([2H])c([2H])c([2H])c23)c([2H])c1[2H]. The number of para-hydroxylation sites is 6. The van der Waals surface area contributed by atoms with Gasteiger partial charge in [0.2, 0.25) is 0 Å². The van der Waals surface area contributed by atoms with Crippen molar-refractivity contribution < 1.29 is 66.4 Å². The van der Waals surface area contributed by atoms with Gasteiger partial charge >= 0.3 is 0 Å². The van der Waals surface area contributed by atoms with E-state index in [1.165, 1.54) is 36.4 Å². The second-order valence-electron chi connectivity index (χ2n) is 25.9. The van der Waals surface area contributed by atoms with Crippen LogP contribution in [0.2, 0.25) is 0 Å².